The van der Waals surface area contributed by atoms with Crippen molar-refractivity contribution in [1.29, 1.82) is 0 Å². The number of hydrogen-bond donors (Lipinski definition) is 3. The fourth-order valence-corrected chi connectivity index (χ4v) is 1.91. The Morgan fingerprint density at radius 3 is 2.47 bits per heavy atom. The van der Waals surface area contributed by atoms with E-state index < -0.39 is 30.1 Å². The van der Waals surface area contributed by atoms with Crippen molar-refractivity contribution in [3.05, 3.63) is 0 Å². The van der Waals surface area contributed by atoms with Crippen LogP contribution in [0.3, 0.4) is 0 Å². The molecule has 1 aliphatic heterocycles. The first-order valence-electron chi connectivity index (χ1n) is 5.31. The molecule has 2 amide bonds. The van der Waals surface area contributed by atoms with E-state index in [0.717, 1.165) is 4.90 Å². The Morgan fingerprint density at radius 1 is 1.41 bits per heavy atom. The molecule has 1 rings (SSSR count). The summed E-state index contributed by atoms with van der Waals surface area (Å²) in [7, 11) is 0. The molecule has 1 aliphatic rings. The minimum atomic E-state index is -1.15. The van der Waals surface area contributed by atoms with Crippen LogP contribution in [0.1, 0.15) is 20.3 Å². The van der Waals surface area contributed by atoms with Crippen molar-refractivity contribution in [2.75, 3.05) is 6.54 Å². The van der Waals surface area contributed by atoms with Gasteiger partial charge in [-0.2, -0.15) is 0 Å². The van der Waals surface area contributed by atoms with E-state index in [2.05, 4.69) is 5.32 Å². The SMILES string of the molecule is CC(=O)N[C@H](C)C(=O)N1CC(O)CC1C(=O)O. The van der Waals surface area contributed by atoms with Crippen molar-refractivity contribution in [1.82, 2.24) is 10.2 Å². The smallest absolute Gasteiger partial charge is 0.326 e. The van der Waals surface area contributed by atoms with E-state index in [4.69, 9.17) is 5.11 Å². The third-order valence-electron chi connectivity index (χ3n) is 2.64. The highest BCUT2D eigenvalue weighted by Gasteiger charge is 2.40. The normalized spacial score (nSPS) is 25.5. The second kappa shape index (κ2) is 5.13. The summed E-state index contributed by atoms with van der Waals surface area (Å²) in [6.45, 7) is 2.74. The van der Waals surface area contributed by atoms with Gasteiger partial charge in [-0.3, -0.25) is 9.59 Å². The Hall–Kier alpha value is -1.63. The molecular formula is C10H16N2O5. The summed E-state index contributed by atoms with van der Waals surface area (Å²) in [6.07, 6.45) is -0.807. The number of likely N-dealkylation sites (tertiary alicyclic amines) is 1. The van der Waals surface area contributed by atoms with E-state index in [1.165, 1.54) is 13.8 Å². The number of nitrogens with zero attached hydrogens (tertiary/aromatic N) is 1. The Morgan fingerprint density at radius 2 is 2.00 bits per heavy atom. The molecule has 7 heteroatoms. The maximum Gasteiger partial charge on any atom is 0.326 e. The van der Waals surface area contributed by atoms with Crippen LogP contribution in [0.2, 0.25) is 0 Å². The zero-order valence-electron chi connectivity index (χ0n) is 9.71. The molecule has 0 aliphatic carbocycles. The van der Waals surface area contributed by atoms with Gasteiger partial charge in [0.15, 0.2) is 0 Å². The Bertz CT molecular complexity index is 344. The zero-order chi connectivity index (χ0) is 13.2. The minimum absolute atomic E-state index is 0.0142. The van der Waals surface area contributed by atoms with Gasteiger partial charge in [-0.15, -0.1) is 0 Å². The molecule has 0 aromatic heterocycles. The lowest BCUT2D eigenvalue weighted by atomic mass is 10.2. The highest BCUT2D eigenvalue weighted by molar-refractivity contribution is 5.90. The molecule has 1 heterocycles. The lowest BCUT2D eigenvalue weighted by Gasteiger charge is -2.24. The summed E-state index contributed by atoms with van der Waals surface area (Å²) < 4.78 is 0. The minimum Gasteiger partial charge on any atom is -0.480 e. The van der Waals surface area contributed by atoms with Crippen LogP contribution in [0.25, 0.3) is 0 Å². The van der Waals surface area contributed by atoms with Gasteiger partial charge in [0.25, 0.3) is 0 Å². The molecule has 0 aromatic rings. The summed E-state index contributed by atoms with van der Waals surface area (Å²) >= 11 is 0. The van der Waals surface area contributed by atoms with E-state index in [0.29, 0.717) is 0 Å². The van der Waals surface area contributed by atoms with E-state index in [9.17, 15) is 19.5 Å². The molecule has 0 spiro atoms. The number of hydrogen-bond acceptors (Lipinski definition) is 4. The predicted molar refractivity (Wildman–Crippen MR) is 57.0 cm³/mol. The number of β-amino-alcohol motifs (C(OH)–C–C–N with tert-alkyl or cyclic N) is 1. The molecule has 3 N–H and O–H groups in total. The number of aliphatic hydroxyl groups is 1. The molecule has 1 saturated heterocycles. The zero-order valence-corrected chi connectivity index (χ0v) is 9.71. The molecule has 0 saturated carbocycles. The van der Waals surface area contributed by atoms with Gasteiger partial charge in [-0.05, 0) is 6.92 Å². The van der Waals surface area contributed by atoms with Gasteiger partial charge in [0, 0.05) is 19.9 Å². The van der Waals surface area contributed by atoms with Gasteiger partial charge in [-0.25, -0.2) is 4.79 Å². The summed E-state index contributed by atoms with van der Waals surface area (Å²) in [5.74, 6) is -2.01. The highest BCUT2D eigenvalue weighted by Crippen LogP contribution is 2.19. The number of carboxylic acid groups (broad SMARTS) is 1. The number of carbonyl (C=O) groups is 3. The van der Waals surface area contributed by atoms with Crippen LogP contribution in [0.15, 0.2) is 0 Å². The predicted octanol–water partition coefficient (Wildman–Crippen LogP) is -1.44. The largest absolute Gasteiger partial charge is 0.480 e. The van der Waals surface area contributed by atoms with Crippen molar-refractivity contribution in [2.45, 2.75) is 38.5 Å². The van der Waals surface area contributed by atoms with Crippen LogP contribution >= 0.6 is 0 Å². The lowest BCUT2D eigenvalue weighted by Crippen LogP contribution is -2.50. The van der Waals surface area contributed by atoms with Gasteiger partial charge in [0.05, 0.1) is 6.10 Å². The first kappa shape index (κ1) is 13.4. The van der Waals surface area contributed by atoms with Crippen LogP contribution in [0.5, 0.6) is 0 Å². The molecule has 17 heavy (non-hydrogen) atoms. The highest BCUT2D eigenvalue weighted by atomic mass is 16.4. The molecule has 0 bridgehead atoms. The lowest BCUT2D eigenvalue weighted by molar-refractivity contribution is -0.149. The molecular weight excluding hydrogens is 228 g/mol. The fraction of sp³-hybridized carbons (Fsp3) is 0.700. The number of nitrogens with one attached hydrogen (secondary N) is 1. The van der Waals surface area contributed by atoms with Crippen LogP contribution in [-0.2, 0) is 14.4 Å². The number of aliphatic hydroxyl groups excluding tert-OH is 1. The average Bonchev–Trinajstić information content (AvgIpc) is 2.58. The first-order chi connectivity index (χ1) is 7.82. The van der Waals surface area contributed by atoms with Crippen LogP contribution in [0.4, 0.5) is 0 Å². The summed E-state index contributed by atoms with van der Waals surface area (Å²) in [5.41, 5.74) is 0. The number of carboxylic acids is 1. The van der Waals surface area contributed by atoms with Gasteiger partial charge in [0.1, 0.15) is 12.1 Å². The quantitative estimate of drug-likeness (QED) is 0.563. The second-order valence-electron chi connectivity index (χ2n) is 4.16. The van der Waals surface area contributed by atoms with Crippen molar-refractivity contribution < 1.29 is 24.6 Å². The summed E-state index contributed by atoms with van der Waals surface area (Å²) in [6, 6.07) is -1.81. The number of amides is 2. The number of carbonyl (C=O) groups excluding carboxylic acids is 2. The van der Waals surface area contributed by atoms with Gasteiger partial charge in [0.2, 0.25) is 11.8 Å². The van der Waals surface area contributed by atoms with Crippen LogP contribution in [-0.4, -0.2) is 57.6 Å². The van der Waals surface area contributed by atoms with Crippen molar-refractivity contribution in [2.24, 2.45) is 0 Å². The molecule has 0 radical (unpaired) electrons. The molecule has 0 aromatic carbocycles. The monoisotopic (exact) mass is 244 g/mol. The van der Waals surface area contributed by atoms with Crippen molar-refractivity contribution in [3.8, 4) is 0 Å². The van der Waals surface area contributed by atoms with Gasteiger partial charge < -0.3 is 20.4 Å². The van der Waals surface area contributed by atoms with Crippen LogP contribution < -0.4 is 5.32 Å². The second-order valence-corrected chi connectivity index (χ2v) is 4.16. The fourth-order valence-electron chi connectivity index (χ4n) is 1.91. The first-order valence-corrected chi connectivity index (χ1v) is 5.31. The Balaban J connectivity index is 2.73. The third kappa shape index (κ3) is 3.16. The van der Waals surface area contributed by atoms with E-state index in [1.807, 2.05) is 0 Å². The molecule has 1 fully saturated rings. The third-order valence-corrected chi connectivity index (χ3v) is 2.64. The molecule has 2 unspecified atom stereocenters. The molecule has 96 valence electrons. The van der Waals surface area contributed by atoms with Crippen molar-refractivity contribution in [3.63, 3.8) is 0 Å². The maximum absolute atomic E-state index is 11.9. The topological polar surface area (TPSA) is 107 Å². The average molecular weight is 244 g/mol. The Labute approximate surface area is 98.4 Å². The molecule has 7 nitrogen and oxygen atoms in total. The van der Waals surface area contributed by atoms with Crippen LogP contribution in [0, 0.1) is 0 Å². The summed E-state index contributed by atoms with van der Waals surface area (Å²) in [5, 5.41) is 20.7. The molecule has 3 atom stereocenters. The standard InChI is InChI=1S/C10H16N2O5/c1-5(11-6(2)13)9(15)12-4-7(14)3-8(12)10(16)17/h5,7-8,14H,3-4H2,1-2H3,(H,11,13)(H,16,17)/t5-,7?,8?/m1/s1. The number of aliphatic carboxylic acids is 1. The summed E-state index contributed by atoms with van der Waals surface area (Å²) in [4.78, 5) is 34.7. The maximum atomic E-state index is 11.9. The van der Waals surface area contributed by atoms with E-state index >= 15 is 0 Å². The van der Waals surface area contributed by atoms with Crippen molar-refractivity contribution >= 4 is 17.8 Å². The van der Waals surface area contributed by atoms with E-state index in [1.54, 1.807) is 0 Å². The van der Waals surface area contributed by atoms with E-state index in [-0.39, 0.29) is 18.9 Å². The Kier molecular flexibility index (Phi) is 4.06. The van der Waals surface area contributed by atoms with Gasteiger partial charge in [-0.1, -0.05) is 0 Å². The number of rotatable bonds is 3. The van der Waals surface area contributed by atoms with Gasteiger partial charge >= 0.3 is 5.97 Å².